The number of rotatable bonds is 10. The SMILES string of the molecule is COc1cc2c(cc1OC)C(CN1CCN(CCCC(c3ccccc3)c3ccccc3)CC1)OCC2. The third-order valence-electron chi connectivity index (χ3n) is 7.94. The maximum Gasteiger partial charge on any atom is 0.161 e. The summed E-state index contributed by atoms with van der Waals surface area (Å²) in [5, 5.41) is 0. The number of hydrogen-bond donors (Lipinski definition) is 0. The van der Waals surface area contributed by atoms with E-state index in [2.05, 4.69) is 82.6 Å². The highest BCUT2D eigenvalue weighted by Crippen LogP contribution is 2.37. The fraction of sp³-hybridized carbons (Fsp3) is 0.438. The smallest absolute Gasteiger partial charge is 0.161 e. The van der Waals surface area contributed by atoms with E-state index in [9.17, 15) is 0 Å². The second-order valence-corrected chi connectivity index (χ2v) is 10.2. The standard InChI is InChI=1S/C32H40N2O3/c1-35-30-22-27-15-21-37-32(29(27)23-31(30)36-2)24-34-19-17-33(18-20-34)16-9-14-28(25-10-5-3-6-11-25)26-12-7-4-8-13-26/h3-8,10-13,22-23,28,32H,9,14-21,24H2,1-2H3. The summed E-state index contributed by atoms with van der Waals surface area (Å²) in [5.74, 6) is 2.05. The summed E-state index contributed by atoms with van der Waals surface area (Å²) in [6.45, 7) is 7.26. The van der Waals surface area contributed by atoms with Crippen LogP contribution in [0.2, 0.25) is 0 Å². The number of ether oxygens (including phenoxy) is 3. The quantitative estimate of drug-likeness (QED) is 0.365. The summed E-state index contributed by atoms with van der Waals surface area (Å²) >= 11 is 0. The van der Waals surface area contributed by atoms with Gasteiger partial charge in [-0.25, -0.2) is 0 Å². The van der Waals surface area contributed by atoms with Crippen LogP contribution in [0.1, 0.15) is 47.1 Å². The van der Waals surface area contributed by atoms with E-state index in [1.54, 1.807) is 14.2 Å². The predicted octanol–water partition coefficient (Wildman–Crippen LogP) is 5.55. The van der Waals surface area contributed by atoms with Crippen molar-refractivity contribution >= 4 is 0 Å². The molecule has 5 nitrogen and oxygen atoms in total. The summed E-state index contributed by atoms with van der Waals surface area (Å²) in [7, 11) is 3.40. The molecule has 1 atom stereocenters. The van der Waals surface area contributed by atoms with E-state index in [1.807, 2.05) is 0 Å². The van der Waals surface area contributed by atoms with Gasteiger partial charge in [-0.15, -0.1) is 0 Å². The second-order valence-electron chi connectivity index (χ2n) is 10.2. The molecular weight excluding hydrogens is 460 g/mol. The van der Waals surface area contributed by atoms with Gasteiger partial charge in [0.1, 0.15) is 0 Å². The van der Waals surface area contributed by atoms with Crippen LogP contribution in [0.15, 0.2) is 72.8 Å². The molecule has 3 aromatic carbocycles. The van der Waals surface area contributed by atoms with Gasteiger partial charge in [0.25, 0.3) is 0 Å². The lowest BCUT2D eigenvalue weighted by atomic mass is 9.87. The van der Waals surface area contributed by atoms with Gasteiger partial charge in [0, 0.05) is 38.6 Å². The first-order chi connectivity index (χ1) is 18.2. The van der Waals surface area contributed by atoms with Crippen molar-refractivity contribution in [3.05, 3.63) is 95.1 Å². The molecule has 196 valence electrons. The molecule has 1 saturated heterocycles. The molecule has 1 unspecified atom stereocenters. The summed E-state index contributed by atoms with van der Waals surface area (Å²) < 4.78 is 17.3. The van der Waals surface area contributed by atoms with E-state index in [4.69, 9.17) is 14.2 Å². The highest BCUT2D eigenvalue weighted by Gasteiger charge is 2.27. The monoisotopic (exact) mass is 500 g/mol. The van der Waals surface area contributed by atoms with Gasteiger partial charge in [-0.1, -0.05) is 60.7 Å². The molecule has 0 aliphatic carbocycles. The maximum absolute atomic E-state index is 6.23. The molecule has 5 heteroatoms. The third-order valence-corrected chi connectivity index (χ3v) is 7.94. The lowest BCUT2D eigenvalue weighted by Gasteiger charge is -2.38. The van der Waals surface area contributed by atoms with E-state index >= 15 is 0 Å². The topological polar surface area (TPSA) is 34.2 Å². The Balaban J connectivity index is 1.13. The number of nitrogens with zero attached hydrogens (tertiary/aromatic N) is 2. The Kier molecular flexibility index (Phi) is 8.77. The van der Waals surface area contributed by atoms with Gasteiger partial charge in [-0.2, -0.15) is 0 Å². The minimum atomic E-state index is 0.0904. The molecule has 0 amide bonds. The molecule has 0 radical (unpaired) electrons. The minimum absolute atomic E-state index is 0.0904. The minimum Gasteiger partial charge on any atom is -0.493 e. The molecule has 0 bridgehead atoms. The van der Waals surface area contributed by atoms with Crippen LogP contribution in [0.25, 0.3) is 0 Å². The van der Waals surface area contributed by atoms with E-state index in [1.165, 1.54) is 35.1 Å². The van der Waals surface area contributed by atoms with Crippen LogP contribution >= 0.6 is 0 Å². The molecule has 0 aromatic heterocycles. The first-order valence-corrected chi connectivity index (χ1v) is 13.7. The molecule has 2 aliphatic rings. The maximum atomic E-state index is 6.23. The van der Waals surface area contributed by atoms with Crippen molar-refractivity contribution in [1.29, 1.82) is 0 Å². The van der Waals surface area contributed by atoms with Crippen molar-refractivity contribution in [2.45, 2.75) is 31.3 Å². The zero-order chi connectivity index (χ0) is 25.5. The highest BCUT2D eigenvalue weighted by atomic mass is 16.5. The molecule has 2 heterocycles. The largest absolute Gasteiger partial charge is 0.493 e. The van der Waals surface area contributed by atoms with Crippen molar-refractivity contribution in [3.8, 4) is 11.5 Å². The fourth-order valence-electron chi connectivity index (χ4n) is 5.85. The average molecular weight is 501 g/mol. The molecule has 3 aromatic rings. The highest BCUT2D eigenvalue weighted by molar-refractivity contribution is 5.49. The number of piperazine rings is 1. The van der Waals surface area contributed by atoms with Gasteiger partial charge in [-0.05, 0) is 60.2 Å². The van der Waals surface area contributed by atoms with Crippen LogP contribution in [0.4, 0.5) is 0 Å². The van der Waals surface area contributed by atoms with Crippen LogP contribution in [-0.2, 0) is 11.2 Å². The van der Waals surface area contributed by atoms with Crippen LogP contribution in [0.5, 0.6) is 11.5 Å². The number of methoxy groups -OCH3 is 2. The molecule has 0 saturated carbocycles. The van der Waals surface area contributed by atoms with Crippen molar-refractivity contribution in [1.82, 2.24) is 9.80 Å². The lowest BCUT2D eigenvalue weighted by molar-refractivity contribution is 0.00426. The molecular formula is C32H40N2O3. The van der Waals surface area contributed by atoms with Gasteiger partial charge >= 0.3 is 0 Å². The fourth-order valence-corrected chi connectivity index (χ4v) is 5.85. The molecule has 2 aliphatic heterocycles. The van der Waals surface area contributed by atoms with E-state index < -0.39 is 0 Å². The normalized spacial score (nSPS) is 18.5. The number of benzene rings is 3. The van der Waals surface area contributed by atoms with Gasteiger partial charge < -0.3 is 19.1 Å². The Bertz CT molecular complexity index is 1070. The molecule has 37 heavy (non-hydrogen) atoms. The van der Waals surface area contributed by atoms with Crippen molar-refractivity contribution in [2.75, 3.05) is 60.1 Å². The number of hydrogen-bond acceptors (Lipinski definition) is 5. The Morgan fingerprint density at radius 2 is 1.41 bits per heavy atom. The third kappa shape index (κ3) is 6.35. The van der Waals surface area contributed by atoms with Crippen molar-refractivity contribution < 1.29 is 14.2 Å². The Morgan fingerprint density at radius 3 is 2.03 bits per heavy atom. The first kappa shape index (κ1) is 25.8. The molecule has 1 fully saturated rings. The van der Waals surface area contributed by atoms with Crippen LogP contribution in [-0.4, -0.2) is 69.9 Å². The molecule has 5 rings (SSSR count). The van der Waals surface area contributed by atoms with Crippen LogP contribution in [0, 0.1) is 0 Å². The van der Waals surface area contributed by atoms with Crippen molar-refractivity contribution in [2.24, 2.45) is 0 Å². The summed E-state index contributed by atoms with van der Waals surface area (Å²) in [4.78, 5) is 5.19. The summed E-state index contributed by atoms with van der Waals surface area (Å²) in [6.07, 6.45) is 3.39. The zero-order valence-corrected chi connectivity index (χ0v) is 22.3. The lowest BCUT2D eigenvalue weighted by Crippen LogP contribution is -2.48. The zero-order valence-electron chi connectivity index (χ0n) is 22.3. The molecule has 0 spiro atoms. The van der Waals surface area contributed by atoms with Crippen LogP contribution in [0.3, 0.4) is 0 Å². The summed E-state index contributed by atoms with van der Waals surface area (Å²) in [5.41, 5.74) is 5.40. The molecule has 0 N–H and O–H groups in total. The van der Waals surface area contributed by atoms with E-state index in [-0.39, 0.29) is 6.10 Å². The number of fused-ring (bicyclic) bond motifs is 1. The van der Waals surface area contributed by atoms with Crippen LogP contribution < -0.4 is 9.47 Å². The van der Waals surface area contributed by atoms with Crippen molar-refractivity contribution in [3.63, 3.8) is 0 Å². The Labute approximate surface area is 222 Å². The first-order valence-electron chi connectivity index (χ1n) is 13.7. The summed E-state index contributed by atoms with van der Waals surface area (Å²) in [6, 6.07) is 26.2. The van der Waals surface area contributed by atoms with E-state index in [0.717, 1.165) is 63.8 Å². The second kappa shape index (κ2) is 12.6. The van der Waals surface area contributed by atoms with Gasteiger partial charge in [0.15, 0.2) is 11.5 Å². The van der Waals surface area contributed by atoms with Gasteiger partial charge in [-0.3, -0.25) is 4.90 Å². The predicted molar refractivity (Wildman–Crippen MR) is 149 cm³/mol. The van der Waals surface area contributed by atoms with E-state index in [0.29, 0.717) is 5.92 Å². The Hall–Kier alpha value is -2.86. The Morgan fingerprint density at radius 1 is 0.811 bits per heavy atom. The van der Waals surface area contributed by atoms with Gasteiger partial charge in [0.2, 0.25) is 0 Å². The van der Waals surface area contributed by atoms with Gasteiger partial charge in [0.05, 0.1) is 26.9 Å². The average Bonchev–Trinajstić information content (AvgIpc) is 2.96.